The van der Waals surface area contributed by atoms with Crippen LogP contribution < -0.4 is 0 Å². The molecule has 0 spiro atoms. The van der Waals surface area contributed by atoms with Crippen molar-refractivity contribution in [2.45, 2.75) is 277 Å². The van der Waals surface area contributed by atoms with Crippen molar-refractivity contribution in [1.82, 2.24) is 0 Å². The van der Waals surface area contributed by atoms with E-state index in [0.717, 1.165) is 141 Å². The van der Waals surface area contributed by atoms with Crippen LogP contribution in [-0.2, 0) is 65.4 Å². The zero-order valence-electron chi connectivity index (χ0n) is 63.9. The highest BCUT2D eigenvalue weighted by Crippen LogP contribution is 2.45. The standard InChI is InChI=1S/C85H134O17P2/c1-5-9-13-17-21-25-29-33-37-38-39-40-44-46-50-54-58-62-66-70-83(88)96-76-81(102-85(90)72-68-64-60-56-52-48-43-36-32-28-24-20-16-12-8-4)78-100-104(93,94)98-74-79(86)73-97-103(91,92)99-77-80(101-84(89)71-67-63-59-55-51-47-42-35-31-27-23-19-15-11-7-3)75-95-82(87)69-65-61-57-53-49-45-41-34-30-26-22-18-14-10-6-2/h9-10,12-14,16,21-22,24-26,28,33-37,39-43,46,49-50,52-53,56,61,64-65,68,79-81,86H,5-8,11,15,17-20,23,27,29-32,38,44-45,47-48,51,54-55,57-60,62-63,66-67,69-78H2,1-4H3,(H,91,92)(H,93,94)/b13-9-,14-10-,16-12-,25-21-,26-22-,28-24-,37-33-,40-39-,41-34-,42-35-,43-36-,50-46-,53-49-,56-52-,65-61-,68-64-. The minimum atomic E-state index is -5.03. The van der Waals surface area contributed by atoms with Gasteiger partial charge in [-0.3, -0.25) is 37.3 Å². The highest BCUT2D eigenvalue weighted by atomic mass is 31.2. The quantitative estimate of drug-likeness (QED) is 0.0169. The second kappa shape index (κ2) is 75.1. The van der Waals surface area contributed by atoms with Gasteiger partial charge in [0.1, 0.15) is 19.3 Å². The number of hydrogen-bond acceptors (Lipinski definition) is 15. The molecule has 0 aliphatic rings. The molecule has 0 amide bonds. The normalized spacial score (nSPS) is 15.0. The number of carbonyl (C=O) groups excluding carboxylic acids is 4. The van der Waals surface area contributed by atoms with Gasteiger partial charge >= 0.3 is 39.5 Å². The minimum Gasteiger partial charge on any atom is -0.462 e. The van der Waals surface area contributed by atoms with E-state index in [2.05, 4.69) is 174 Å². The average molecular weight is 1490 g/mol. The number of rotatable bonds is 70. The van der Waals surface area contributed by atoms with Crippen LogP contribution in [0.2, 0.25) is 0 Å². The van der Waals surface area contributed by atoms with E-state index in [1.54, 1.807) is 18.2 Å². The van der Waals surface area contributed by atoms with Crippen LogP contribution in [0, 0.1) is 0 Å². The SMILES string of the molecule is CC/C=C\C/C=C\C/C=C\C/C=C\C/C=C\CCCCCC(=O)OCC(COP(=O)(O)OCC(O)COP(=O)(O)OCC(COC(=O)C/C=C\C/C=C\C/C=C\C/C=C\C/C=C\CC)OC(=O)CCCCCCC/C=C\CCCCCCCC)OC(=O)C/C=C\C/C=C\C/C=C\C/C=C\C/C=C\CC. The van der Waals surface area contributed by atoms with E-state index in [-0.39, 0.29) is 25.7 Å². The van der Waals surface area contributed by atoms with E-state index in [0.29, 0.717) is 25.7 Å². The zero-order chi connectivity index (χ0) is 76.0. The molecular formula is C85H134O17P2. The Kier molecular flexibility index (Phi) is 70.7. The Morgan fingerprint density at radius 1 is 0.288 bits per heavy atom. The van der Waals surface area contributed by atoms with E-state index in [4.69, 9.17) is 37.0 Å². The molecule has 0 radical (unpaired) electrons. The van der Waals surface area contributed by atoms with Gasteiger partial charge < -0.3 is 33.8 Å². The number of esters is 4. The number of unbranched alkanes of at least 4 members (excludes halogenated alkanes) is 14. The summed E-state index contributed by atoms with van der Waals surface area (Å²) in [7, 11) is -10.0. The molecule has 0 aromatic carbocycles. The summed E-state index contributed by atoms with van der Waals surface area (Å²) < 4.78 is 68.2. The Labute approximate surface area is 627 Å². The first-order chi connectivity index (χ1) is 50.7. The van der Waals surface area contributed by atoms with Crippen molar-refractivity contribution < 1.29 is 80.2 Å². The maximum absolute atomic E-state index is 13.1. The summed E-state index contributed by atoms with van der Waals surface area (Å²) in [5, 5.41) is 10.6. The van der Waals surface area contributed by atoms with Gasteiger partial charge in [-0.05, 0) is 148 Å². The predicted octanol–water partition coefficient (Wildman–Crippen LogP) is 22.5. The molecule has 0 bridgehead atoms. The summed E-state index contributed by atoms with van der Waals surface area (Å²) in [6.45, 7) is 4.21. The summed E-state index contributed by atoms with van der Waals surface area (Å²) >= 11 is 0. The molecule has 0 aromatic heterocycles. The minimum absolute atomic E-state index is 0.0555. The molecule has 0 heterocycles. The number of phosphoric ester groups is 2. The van der Waals surface area contributed by atoms with Gasteiger partial charge in [0.2, 0.25) is 0 Å². The molecule has 3 N–H and O–H groups in total. The fraction of sp³-hybridized carbons (Fsp3) is 0.576. The number of carbonyl (C=O) groups is 4. The Bertz CT molecular complexity index is 2740. The fourth-order valence-corrected chi connectivity index (χ4v) is 10.9. The summed E-state index contributed by atoms with van der Waals surface area (Å²) in [5.74, 6) is -2.54. The van der Waals surface area contributed by atoms with Gasteiger partial charge in [-0.2, -0.15) is 0 Å². The van der Waals surface area contributed by atoms with Gasteiger partial charge in [-0.25, -0.2) is 9.13 Å². The van der Waals surface area contributed by atoms with Gasteiger partial charge in [0.25, 0.3) is 0 Å². The van der Waals surface area contributed by atoms with Gasteiger partial charge in [0.05, 0.1) is 39.3 Å². The lowest BCUT2D eigenvalue weighted by Gasteiger charge is -2.21. The highest BCUT2D eigenvalue weighted by molar-refractivity contribution is 7.47. The first-order valence-corrected chi connectivity index (χ1v) is 41.7. The molecule has 0 saturated heterocycles. The second-order valence-electron chi connectivity index (χ2n) is 24.8. The lowest BCUT2D eigenvalue weighted by molar-refractivity contribution is -0.160. The number of aliphatic hydroxyl groups excluding tert-OH is 1. The fourth-order valence-electron chi connectivity index (χ4n) is 9.33. The molecule has 19 heteroatoms. The van der Waals surface area contributed by atoms with Crippen LogP contribution in [0.4, 0.5) is 0 Å². The second-order valence-corrected chi connectivity index (χ2v) is 27.7. The Morgan fingerprint density at radius 2 is 0.548 bits per heavy atom. The maximum atomic E-state index is 13.1. The van der Waals surface area contributed by atoms with Crippen LogP contribution in [0.3, 0.4) is 0 Å². The average Bonchev–Trinajstić information content (AvgIpc) is 0.918. The third-order valence-electron chi connectivity index (χ3n) is 15.1. The van der Waals surface area contributed by atoms with Gasteiger partial charge in [0, 0.05) is 12.8 Å². The summed E-state index contributed by atoms with van der Waals surface area (Å²) in [4.78, 5) is 72.8. The van der Waals surface area contributed by atoms with Crippen LogP contribution in [0.25, 0.3) is 0 Å². The van der Waals surface area contributed by atoms with Crippen molar-refractivity contribution in [2.24, 2.45) is 0 Å². The smallest absolute Gasteiger partial charge is 0.462 e. The largest absolute Gasteiger partial charge is 0.472 e. The summed E-state index contributed by atoms with van der Waals surface area (Å²) in [5.41, 5.74) is 0. The Balaban J connectivity index is 5.55. The summed E-state index contributed by atoms with van der Waals surface area (Å²) in [6.07, 6.45) is 92.0. The molecule has 5 atom stereocenters. The van der Waals surface area contributed by atoms with Crippen molar-refractivity contribution in [3.8, 4) is 0 Å². The number of aliphatic hydroxyl groups is 1. The van der Waals surface area contributed by atoms with Gasteiger partial charge in [0.15, 0.2) is 12.2 Å². The molecule has 5 unspecified atom stereocenters. The lowest BCUT2D eigenvalue weighted by Crippen LogP contribution is -2.30. The highest BCUT2D eigenvalue weighted by Gasteiger charge is 2.30. The third kappa shape index (κ3) is 74.2. The molecule has 0 aliphatic carbocycles. The monoisotopic (exact) mass is 1490 g/mol. The number of allylic oxidation sites excluding steroid dienone is 30. The number of phosphoric acid groups is 2. The molecule has 0 fully saturated rings. The summed E-state index contributed by atoms with van der Waals surface area (Å²) in [6, 6.07) is 0. The maximum Gasteiger partial charge on any atom is 0.472 e. The van der Waals surface area contributed by atoms with Gasteiger partial charge in [-0.15, -0.1) is 0 Å². The molecule has 0 rings (SSSR count). The van der Waals surface area contributed by atoms with E-state index >= 15 is 0 Å². The van der Waals surface area contributed by atoms with Crippen LogP contribution in [0.5, 0.6) is 0 Å². The molecule has 0 saturated carbocycles. The number of ether oxygens (including phenoxy) is 4. The van der Waals surface area contributed by atoms with E-state index < -0.39 is 97.5 Å². The van der Waals surface area contributed by atoms with E-state index in [9.17, 15) is 43.2 Å². The van der Waals surface area contributed by atoms with Crippen molar-refractivity contribution in [2.75, 3.05) is 39.6 Å². The molecule has 0 aromatic rings. The van der Waals surface area contributed by atoms with E-state index in [1.807, 2.05) is 30.4 Å². The molecule has 104 heavy (non-hydrogen) atoms. The number of hydrogen-bond donors (Lipinski definition) is 3. The Morgan fingerprint density at radius 3 is 0.913 bits per heavy atom. The molecule has 0 aliphatic heterocycles. The van der Waals surface area contributed by atoms with Crippen molar-refractivity contribution in [3.63, 3.8) is 0 Å². The topological polar surface area (TPSA) is 237 Å². The Hall–Kier alpha value is -6.10. The van der Waals surface area contributed by atoms with Crippen LogP contribution in [0.1, 0.15) is 259 Å². The third-order valence-corrected chi connectivity index (χ3v) is 17.0. The van der Waals surface area contributed by atoms with E-state index in [1.165, 1.54) is 38.5 Å². The van der Waals surface area contributed by atoms with Crippen LogP contribution in [-0.4, -0.2) is 96.7 Å². The van der Waals surface area contributed by atoms with Crippen molar-refractivity contribution >= 4 is 39.5 Å². The van der Waals surface area contributed by atoms with Crippen molar-refractivity contribution in [1.29, 1.82) is 0 Å². The predicted molar refractivity (Wildman–Crippen MR) is 426 cm³/mol. The van der Waals surface area contributed by atoms with Crippen LogP contribution in [0.15, 0.2) is 194 Å². The molecule has 17 nitrogen and oxygen atoms in total. The molecular weight excluding hydrogens is 1350 g/mol. The zero-order valence-corrected chi connectivity index (χ0v) is 65.6. The first-order valence-electron chi connectivity index (χ1n) is 38.7. The van der Waals surface area contributed by atoms with Crippen LogP contribution >= 0.6 is 15.6 Å². The van der Waals surface area contributed by atoms with Gasteiger partial charge in [-0.1, -0.05) is 280 Å². The lowest BCUT2D eigenvalue weighted by atomic mass is 10.1. The first kappa shape index (κ1) is 97.9. The molecule has 586 valence electrons. The van der Waals surface area contributed by atoms with Crippen molar-refractivity contribution in [3.05, 3.63) is 194 Å².